The molecule has 0 unspecified atom stereocenters. The Morgan fingerprint density at radius 2 is 1.55 bits per heavy atom. The van der Waals surface area contributed by atoms with E-state index >= 15 is 0 Å². The lowest BCUT2D eigenvalue weighted by Crippen LogP contribution is -2.08. The van der Waals surface area contributed by atoms with Gasteiger partial charge >= 0.3 is 6.18 Å². The Morgan fingerprint density at radius 1 is 0.900 bits per heavy atom. The summed E-state index contributed by atoms with van der Waals surface area (Å²) in [6.07, 6.45) is -4.61. The van der Waals surface area contributed by atoms with Crippen LogP contribution in [0.5, 0.6) is 0 Å². The molecule has 1 heterocycles. The second-order valence-corrected chi connectivity index (χ2v) is 5.38. The zero-order chi connectivity index (χ0) is 15.1. The molecule has 0 amide bonds. The third-order valence-corrected chi connectivity index (χ3v) is 3.90. The number of rotatable bonds is 1. The van der Waals surface area contributed by atoms with Gasteiger partial charge < -0.3 is 0 Å². The Labute approximate surface area is 132 Å². The van der Waals surface area contributed by atoms with E-state index in [4.69, 9.17) is 46.4 Å². The van der Waals surface area contributed by atoms with Gasteiger partial charge in [-0.2, -0.15) is 13.2 Å². The minimum Gasteiger partial charge on any atom is -0.243 e. The molecule has 8 heteroatoms. The van der Waals surface area contributed by atoms with Crippen LogP contribution in [0.4, 0.5) is 13.2 Å². The first-order valence-corrected chi connectivity index (χ1v) is 6.60. The number of alkyl halides is 3. The van der Waals surface area contributed by atoms with Crippen molar-refractivity contribution in [3.63, 3.8) is 0 Å². The van der Waals surface area contributed by atoms with Crippen LogP contribution in [0.15, 0.2) is 24.3 Å². The molecule has 0 saturated heterocycles. The molecular formula is C12H4Cl4F3N. The lowest BCUT2D eigenvalue weighted by molar-refractivity contribution is -0.141. The van der Waals surface area contributed by atoms with Crippen LogP contribution in [0, 0.1) is 0 Å². The highest BCUT2D eigenvalue weighted by atomic mass is 35.5. The van der Waals surface area contributed by atoms with Crippen molar-refractivity contribution in [2.45, 2.75) is 6.18 Å². The standard InChI is InChI=1S/C12H4Cl4F3N/c13-5-3-8(20-9(4-5)12(17,18)19)6-1-2-7(14)11(16)10(6)15/h1-4H. The fourth-order valence-corrected chi connectivity index (χ4v) is 2.34. The summed E-state index contributed by atoms with van der Waals surface area (Å²) in [6.45, 7) is 0. The van der Waals surface area contributed by atoms with Crippen LogP contribution in [0.2, 0.25) is 20.1 Å². The van der Waals surface area contributed by atoms with Gasteiger partial charge in [0.05, 0.1) is 20.8 Å². The lowest BCUT2D eigenvalue weighted by atomic mass is 10.1. The predicted molar refractivity (Wildman–Crippen MR) is 74.7 cm³/mol. The number of hydrogen-bond acceptors (Lipinski definition) is 1. The van der Waals surface area contributed by atoms with E-state index in [1.54, 1.807) is 0 Å². The van der Waals surface area contributed by atoms with Gasteiger partial charge in [-0.05, 0) is 24.3 Å². The molecule has 1 aromatic carbocycles. The normalized spacial score (nSPS) is 11.8. The zero-order valence-corrected chi connectivity index (χ0v) is 12.4. The first-order valence-electron chi connectivity index (χ1n) is 5.09. The van der Waals surface area contributed by atoms with E-state index in [0.29, 0.717) is 0 Å². The quantitative estimate of drug-likeness (QED) is 0.537. The Kier molecular flexibility index (Phi) is 4.40. The zero-order valence-electron chi connectivity index (χ0n) is 9.40. The van der Waals surface area contributed by atoms with Crippen LogP contribution in [0.1, 0.15) is 5.69 Å². The summed E-state index contributed by atoms with van der Waals surface area (Å²) < 4.78 is 38.1. The molecule has 0 spiro atoms. The second kappa shape index (κ2) is 5.60. The van der Waals surface area contributed by atoms with Crippen molar-refractivity contribution in [1.82, 2.24) is 4.98 Å². The second-order valence-electron chi connectivity index (χ2n) is 3.78. The first kappa shape index (κ1) is 15.7. The van der Waals surface area contributed by atoms with Crippen LogP contribution in [0.3, 0.4) is 0 Å². The van der Waals surface area contributed by atoms with Gasteiger partial charge in [-0.15, -0.1) is 0 Å². The van der Waals surface area contributed by atoms with E-state index in [9.17, 15) is 13.2 Å². The topological polar surface area (TPSA) is 12.9 Å². The number of pyridine rings is 1. The van der Waals surface area contributed by atoms with Gasteiger partial charge in [-0.1, -0.05) is 46.4 Å². The molecule has 106 valence electrons. The summed E-state index contributed by atoms with van der Waals surface area (Å²) in [5, 5.41) is 0.145. The average molecular weight is 361 g/mol. The molecule has 1 aromatic heterocycles. The summed E-state index contributed by atoms with van der Waals surface area (Å²) >= 11 is 23.3. The Bertz CT molecular complexity index is 670. The molecule has 2 aromatic rings. The van der Waals surface area contributed by atoms with Gasteiger partial charge in [0.2, 0.25) is 0 Å². The first-order chi connectivity index (χ1) is 9.20. The van der Waals surface area contributed by atoms with Crippen LogP contribution in [-0.4, -0.2) is 4.98 Å². The maximum absolute atomic E-state index is 12.7. The number of halogens is 7. The molecular weight excluding hydrogens is 357 g/mol. The van der Waals surface area contributed by atoms with Crippen LogP contribution in [0.25, 0.3) is 11.3 Å². The van der Waals surface area contributed by atoms with E-state index in [0.717, 1.165) is 6.07 Å². The maximum Gasteiger partial charge on any atom is 0.433 e. The third-order valence-electron chi connectivity index (χ3n) is 2.39. The average Bonchev–Trinajstić information content (AvgIpc) is 2.34. The van der Waals surface area contributed by atoms with Crippen molar-refractivity contribution in [3.05, 3.63) is 50.0 Å². The number of aromatic nitrogens is 1. The van der Waals surface area contributed by atoms with Crippen molar-refractivity contribution in [1.29, 1.82) is 0 Å². The molecule has 0 bridgehead atoms. The summed E-state index contributed by atoms with van der Waals surface area (Å²) in [5.74, 6) is 0. The van der Waals surface area contributed by atoms with Crippen LogP contribution >= 0.6 is 46.4 Å². The van der Waals surface area contributed by atoms with E-state index in [-0.39, 0.29) is 31.3 Å². The fourth-order valence-electron chi connectivity index (χ4n) is 1.50. The van der Waals surface area contributed by atoms with Crippen molar-refractivity contribution < 1.29 is 13.2 Å². The largest absolute Gasteiger partial charge is 0.433 e. The molecule has 0 aliphatic rings. The minimum absolute atomic E-state index is 0.0158. The molecule has 20 heavy (non-hydrogen) atoms. The summed E-state index contributed by atoms with van der Waals surface area (Å²) in [5.41, 5.74) is -0.926. The van der Waals surface area contributed by atoms with E-state index in [2.05, 4.69) is 4.98 Å². The summed E-state index contributed by atoms with van der Waals surface area (Å²) in [4.78, 5) is 3.51. The highest BCUT2D eigenvalue weighted by molar-refractivity contribution is 6.49. The molecule has 0 saturated carbocycles. The van der Waals surface area contributed by atoms with Crippen molar-refractivity contribution in [2.24, 2.45) is 0 Å². The van der Waals surface area contributed by atoms with Gasteiger partial charge in [0.1, 0.15) is 5.69 Å². The smallest absolute Gasteiger partial charge is 0.243 e. The molecule has 0 aliphatic heterocycles. The Hall–Kier alpha value is -0.680. The van der Waals surface area contributed by atoms with Gasteiger partial charge in [0, 0.05) is 10.6 Å². The van der Waals surface area contributed by atoms with E-state index in [1.165, 1.54) is 18.2 Å². The summed E-state index contributed by atoms with van der Waals surface area (Å²) in [6, 6.07) is 4.84. The fraction of sp³-hybridized carbons (Fsp3) is 0.0833. The van der Waals surface area contributed by atoms with Crippen molar-refractivity contribution in [3.8, 4) is 11.3 Å². The highest BCUT2D eigenvalue weighted by Crippen LogP contribution is 2.39. The van der Waals surface area contributed by atoms with E-state index < -0.39 is 11.9 Å². The van der Waals surface area contributed by atoms with Crippen molar-refractivity contribution in [2.75, 3.05) is 0 Å². The molecule has 1 nitrogen and oxygen atoms in total. The third kappa shape index (κ3) is 3.14. The molecule has 0 N–H and O–H groups in total. The van der Waals surface area contributed by atoms with Gasteiger partial charge in [0.25, 0.3) is 0 Å². The van der Waals surface area contributed by atoms with Crippen LogP contribution in [-0.2, 0) is 6.18 Å². The van der Waals surface area contributed by atoms with Gasteiger partial charge in [-0.3, -0.25) is 0 Å². The monoisotopic (exact) mass is 359 g/mol. The molecule has 0 aliphatic carbocycles. The number of benzene rings is 1. The summed E-state index contributed by atoms with van der Waals surface area (Å²) in [7, 11) is 0. The Morgan fingerprint density at radius 3 is 2.15 bits per heavy atom. The number of hydrogen-bond donors (Lipinski definition) is 0. The van der Waals surface area contributed by atoms with Gasteiger partial charge in [-0.25, -0.2) is 4.98 Å². The van der Waals surface area contributed by atoms with Crippen molar-refractivity contribution >= 4 is 46.4 Å². The lowest BCUT2D eigenvalue weighted by Gasteiger charge is -2.11. The van der Waals surface area contributed by atoms with Crippen LogP contribution < -0.4 is 0 Å². The molecule has 0 radical (unpaired) electrons. The van der Waals surface area contributed by atoms with E-state index in [1.807, 2.05) is 0 Å². The SMILES string of the molecule is FC(F)(F)c1cc(Cl)cc(-c2ccc(Cl)c(Cl)c2Cl)n1. The molecule has 2 rings (SSSR count). The van der Waals surface area contributed by atoms with Gasteiger partial charge in [0.15, 0.2) is 0 Å². The molecule has 0 fully saturated rings. The minimum atomic E-state index is -4.61. The number of nitrogens with zero attached hydrogens (tertiary/aromatic N) is 1. The molecule has 0 atom stereocenters. The highest BCUT2D eigenvalue weighted by Gasteiger charge is 2.33. The Balaban J connectivity index is 2.65. The predicted octanol–water partition coefficient (Wildman–Crippen LogP) is 6.38. The maximum atomic E-state index is 12.7.